The van der Waals surface area contributed by atoms with Gasteiger partial charge in [0, 0.05) is 99.5 Å². The number of pyridine rings is 1. The van der Waals surface area contributed by atoms with E-state index >= 15 is 0 Å². The second-order valence-corrected chi connectivity index (χ2v) is 32.5. The number of aryl methyl sites for hydroxylation is 2. The van der Waals surface area contributed by atoms with E-state index in [-0.39, 0.29) is 80.8 Å². The number of rotatable bonds is 38. The lowest BCUT2D eigenvalue weighted by molar-refractivity contribution is -0.264. The average Bonchev–Trinajstić information content (AvgIpc) is 1.43. The Hall–Kier alpha value is -8.69. The third-order valence-corrected chi connectivity index (χ3v) is 23.1. The maximum atomic E-state index is 14.7. The van der Waals surface area contributed by atoms with Gasteiger partial charge in [-0.2, -0.15) is 5.10 Å². The van der Waals surface area contributed by atoms with Crippen molar-refractivity contribution in [3.8, 4) is 11.3 Å². The normalized spacial score (nSPS) is 27.0. The lowest BCUT2D eigenvalue weighted by Crippen LogP contribution is -2.61. The fraction of sp³-hybridized carbons (Fsp3) is 0.667. The molecular weight excluding hydrogens is 1580 g/mol. The monoisotopic (exact) mass is 1710 g/mol. The van der Waals surface area contributed by atoms with Crippen LogP contribution in [0.5, 0.6) is 0 Å². The Labute approximate surface area is 713 Å². The van der Waals surface area contributed by atoms with E-state index in [1.165, 1.54) is 26.4 Å². The highest BCUT2D eigenvalue weighted by atomic mass is 16.6. The number of nitrogens with two attached hydrogens (primary N) is 2. The number of methoxy groups -OCH3 is 2. The zero-order valence-electron chi connectivity index (χ0n) is 72.1. The summed E-state index contributed by atoms with van der Waals surface area (Å²) in [6, 6.07) is 1.07. The second kappa shape index (κ2) is 50.3. The molecular formula is C87H130N14O21. The van der Waals surface area contributed by atoms with Crippen molar-refractivity contribution in [1.82, 2.24) is 60.2 Å². The van der Waals surface area contributed by atoms with E-state index < -0.39 is 101 Å². The predicted molar refractivity (Wildman–Crippen MR) is 451 cm³/mol. The van der Waals surface area contributed by atoms with Crippen LogP contribution in [0, 0.1) is 29.6 Å². The Morgan fingerprint density at radius 3 is 2.21 bits per heavy atom. The van der Waals surface area contributed by atoms with Gasteiger partial charge in [0.15, 0.2) is 11.4 Å². The molecule has 10 N–H and O–H groups in total. The number of nitrogen functional groups attached to an aromatic ring is 1. The van der Waals surface area contributed by atoms with Gasteiger partial charge in [0.05, 0.1) is 128 Å². The number of allylic oxidation sites excluding steroid dienone is 6. The van der Waals surface area contributed by atoms with Gasteiger partial charge >= 0.3 is 12.1 Å². The van der Waals surface area contributed by atoms with Gasteiger partial charge in [-0.15, -0.1) is 5.10 Å². The fourth-order valence-corrected chi connectivity index (χ4v) is 15.9. The van der Waals surface area contributed by atoms with Crippen molar-refractivity contribution in [2.75, 3.05) is 119 Å². The molecule has 1 saturated carbocycles. The van der Waals surface area contributed by atoms with Crippen molar-refractivity contribution in [2.45, 2.75) is 231 Å². The number of ether oxygens (including phenoxy) is 11. The van der Waals surface area contributed by atoms with E-state index in [4.69, 9.17) is 68.7 Å². The van der Waals surface area contributed by atoms with Gasteiger partial charge in [-0.3, -0.25) is 24.0 Å². The number of alkyl carbamates (subject to hydrolysis) is 1. The second-order valence-electron chi connectivity index (χ2n) is 32.5. The van der Waals surface area contributed by atoms with Crippen molar-refractivity contribution in [3.63, 3.8) is 0 Å². The molecule has 1 aliphatic carbocycles. The molecule has 15 atom stereocenters. The number of anilines is 1. The van der Waals surface area contributed by atoms with E-state index in [0.29, 0.717) is 185 Å². The van der Waals surface area contributed by atoms with Crippen LogP contribution >= 0.6 is 0 Å². The van der Waals surface area contributed by atoms with Crippen LogP contribution in [0.2, 0.25) is 0 Å². The van der Waals surface area contributed by atoms with Gasteiger partial charge in [-0.1, -0.05) is 74.9 Å². The summed E-state index contributed by atoms with van der Waals surface area (Å²) in [5.41, 5.74) is 18.0. The number of hydrogen-bond acceptors (Lipinski definition) is 29. The van der Waals surface area contributed by atoms with Crippen LogP contribution in [0.15, 0.2) is 84.7 Å². The molecule has 3 amide bonds. The molecule has 0 radical (unpaired) electrons. The van der Waals surface area contributed by atoms with Gasteiger partial charge in [0.2, 0.25) is 11.7 Å². The first-order valence-electron chi connectivity index (χ1n) is 43.2. The average molecular weight is 1710 g/mol. The van der Waals surface area contributed by atoms with Crippen LogP contribution in [0.25, 0.3) is 33.3 Å². The zero-order valence-corrected chi connectivity index (χ0v) is 72.1. The number of nitrogens with one attached hydrogen (secondary N) is 3. The lowest BCUT2D eigenvalue weighted by Gasteiger charge is -2.43. The zero-order chi connectivity index (χ0) is 87.5. The third kappa shape index (κ3) is 29.5. The molecule has 3 fully saturated rings. The molecule has 0 spiro atoms. The quantitative estimate of drug-likeness (QED) is 0.00860. The minimum atomic E-state index is -2.59. The van der Waals surface area contributed by atoms with Crippen LogP contribution in [0.1, 0.15) is 156 Å². The van der Waals surface area contributed by atoms with Crippen molar-refractivity contribution in [1.29, 1.82) is 0 Å². The third-order valence-electron chi connectivity index (χ3n) is 23.1. The van der Waals surface area contributed by atoms with Gasteiger partial charge in [0.25, 0.3) is 11.7 Å². The number of nitrogens with zero attached hydrogens (tertiary/aromatic N) is 9. The van der Waals surface area contributed by atoms with Crippen molar-refractivity contribution in [3.05, 3.63) is 90.3 Å². The first-order chi connectivity index (χ1) is 58.8. The van der Waals surface area contributed by atoms with E-state index in [0.717, 1.165) is 52.9 Å². The summed E-state index contributed by atoms with van der Waals surface area (Å²) in [7, 11) is 2.86. The first kappa shape index (κ1) is 97.1. The summed E-state index contributed by atoms with van der Waals surface area (Å²) in [5.74, 6) is -9.13. The van der Waals surface area contributed by atoms with E-state index in [2.05, 4.69) is 40.9 Å². The SMILES string of the molecule is COC(=O)N[C@H]1C[C@@H]2CC[C@@H](C)[C@@](O)(O2)C(=O)C(=O)N2CCCC[C@H]2C(=O)O[C@H]([C@H](N)C[C@@H]2CC[C@@H](OCCCCc3cn(CCOCCOCCOCCOCCOCCOCCC(=O)NCCCCn4nc(-c5cnc6[nH]ccc6c5)c5c(N)ncnc54)nn3)[C@H](OC)C2)CC(=O)[C@H](C)/C=C(\C)[C@@H](O)[C@@H](O)C(=O)[C@H](C)C[C@H](C)/C=C/C=C/C=C/1C. The molecule has 3 aliphatic heterocycles. The number of aliphatic hydroxyl groups is 3. The number of H-pyrrole nitrogens is 1. The van der Waals surface area contributed by atoms with Crippen LogP contribution in [-0.4, -0.2) is 280 Å². The predicted octanol–water partition coefficient (Wildman–Crippen LogP) is 6.92. The highest BCUT2D eigenvalue weighted by molar-refractivity contribution is 6.39. The number of unbranched alkanes of at least 4 members (excludes halogenated alkanes) is 2. The maximum Gasteiger partial charge on any atom is 0.407 e. The molecule has 35 heteroatoms. The highest BCUT2D eigenvalue weighted by Gasteiger charge is 2.53. The summed E-state index contributed by atoms with van der Waals surface area (Å²) in [5, 5.41) is 55.6. The Balaban J connectivity index is 0.626. The fourth-order valence-electron chi connectivity index (χ4n) is 15.9. The molecule has 9 rings (SSSR count). The largest absolute Gasteiger partial charge is 0.459 e. The number of hydrogen-bond donors (Lipinski definition) is 8. The molecule has 5 aromatic rings. The summed E-state index contributed by atoms with van der Waals surface area (Å²) in [4.78, 5) is 114. The molecule has 2 bridgehead atoms. The lowest BCUT2D eigenvalue weighted by atomic mass is 9.80. The Kier molecular flexibility index (Phi) is 40.0. The van der Waals surface area contributed by atoms with Gasteiger partial charge < -0.3 is 99.4 Å². The number of aliphatic hydroxyl groups excluding tert-OH is 2. The number of Topliss-reactive ketones (excluding diaryl/α,β-unsaturated/α-hetero) is 3. The molecule has 4 aliphatic rings. The van der Waals surface area contributed by atoms with E-state index in [1.54, 1.807) is 70.0 Å². The topological polar surface area (TPSA) is 464 Å². The number of aromatic amines is 1. The van der Waals surface area contributed by atoms with Gasteiger partial charge in [-0.05, 0) is 146 Å². The minimum Gasteiger partial charge on any atom is -0.459 e. The van der Waals surface area contributed by atoms with Crippen LogP contribution in [-0.2, 0) is 100 Å². The Morgan fingerprint density at radius 2 is 1.49 bits per heavy atom. The molecule has 5 aromatic heterocycles. The number of ketones is 3. The van der Waals surface area contributed by atoms with Crippen molar-refractivity contribution >= 4 is 69.1 Å². The molecule has 2 saturated heterocycles. The number of cyclic esters (lactones) is 1. The number of fused-ring (bicyclic) bond motifs is 5. The summed E-state index contributed by atoms with van der Waals surface area (Å²) >= 11 is 0. The highest BCUT2D eigenvalue weighted by Crippen LogP contribution is 2.38. The van der Waals surface area contributed by atoms with Crippen LogP contribution in [0.4, 0.5) is 10.6 Å². The molecule has 8 heterocycles. The van der Waals surface area contributed by atoms with Crippen molar-refractivity contribution < 1.29 is 101 Å². The minimum absolute atomic E-state index is 0.0155. The number of carbonyl (C=O) groups excluding carboxylic acids is 7. The molecule has 0 unspecified atom stereocenters. The molecule has 674 valence electrons. The van der Waals surface area contributed by atoms with Crippen molar-refractivity contribution in [2.24, 2.45) is 35.3 Å². The maximum absolute atomic E-state index is 14.7. The van der Waals surface area contributed by atoms with Crippen LogP contribution in [0.3, 0.4) is 0 Å². The number of piperidine rings is 1. The molecule has 122 heavy (non-hydrogen) atoms. The van der Waals surface area contributed by atoms with Gasteiger partial charge in [0.1, 0.15) is 53.6 Å². The molecule has 0 aromatic carbocycles. The molecule has 35 nitrogen and oxygen atoms in total. The van der Waals surface area contributed by atoms with E-state index in [1.807, 2.05) is 42.2 Å². The number of esters is 1. The number of carbonyl (C=O) groups is 7. The Bertz CT molecular complexity index is 4260. The smallest absolute Gasteiger partial charge is 0.407 e. The summed E-state index contributed by atoms with van der Waals surface area (Å²) in [6.07, 6.45) is 18.8. The Morgan fingerprint density at radius 1 is 0.770 bits per heavy atom. The van der Waals surface area contributed by atoms with E-state index in [9.17, 15) is 48.9 Å². The first-order valence-corrected chi connectivity index (χ1v) is 43.2. The summed E-state index contributed by atoms with van der Waals surface area (Å²) < 4.78 is 67.3. The number of aromatic nitrogens is 9. The standard InChI is InChI=1S/C87H130N14O21/c1-56-18-10-9-11-19-57(2)68(95-86(110)113-8)51-66-24-22-61(6)87(111,122-66)80(107)84(108)100-30-15-12-21-69(100)85(109)121-72(52-70(102)58(3)47-60(5)78(105)79(106)77(104)59(4)46-56)67(88)48-62-23-25-71(73(49-62)112-7)120-33-17-13-20-65-54-99(98-96-65)32-35-115-37-39-117-41-43-119-45-44-118-42-40-116-38-36-114-34-27-74(103)90-28-14-16-31-101-83-75(81(89)93-55-94-83)76(97-101)64-50-63-26-29-91-82(63)92-53-64/h9-11,18-19,26,29,47,50,53-56,58-59,61-62,66-69,71-73,78-79,105-106,111H,12-17,20-25,27-28,30-46,48-49,51-52,88H2,1-8H3,(H,90,103)(H,91,92)(H,95,110)(H2,89,93,94)/b11-9+,18-10+,57-19+,60-47+/t56-,58-,59-,61-,62+,66+,67-,68+,69+,71-,72+,73-,78-,79+,87-/m1/s1. The summed E-state index contributed by atoms with van der Waals surface area (Å²) in [6.45, 7) is 17.0. The van der Waals surface area contributed by atoms with Gasteiger partial charge in [-0.25, -0.2) is 33.9 Å². The number of amides is 3. The van der Waals surface area contributed by atoms with Crippen LogP contribution < -0.4 is 22.1 Å².